The maximum Gasteiger partial charge on any atom is 0.216 e. The summed E-state index contributed by atoms with van der Waals surface area (Å²) in [5, 5.41) is 4.67. The fraction of sp³-hybridized carbons (Fsp3) is 0.250. The molecule has 2 nitrogen and oxygen atoms in total. The number of rotatable bonds is 2. The summed E-state index contributed by atoms with van der Waals surface area (Å²) in [5.41, 5.74) is 7.81. The Balaban J connectivity index is 1.89. The van der Waals surface area contributed by atoms with E-state index in [0.717, 1.165) is 27.6 Å². The van der Waals surface area contributed by atoms with Crippen LogP contribution >= 0.6 is 0 Å². The van der Waals surface area contributed by atoms with Crippen LogP contribution in [0.1, 0.15) is 16.7 Å². The smallest absolute Gasteiger partial charge is 0.216 e. The number of nitrogens with zero attached hydrogens (tertiary/aromatic N) is 1. The van der Waals surface area contributed by atoms with E-state index in [9.17, 15) is 4.39 Å². The van der Waals surface area contributed by atoms with Gasteiger partial charge in [0.15, 0.2) is 0 Å². The van der Waals surface area contributed by atoms with Crippen LogP contribution in [-0.2, 0) is 7.05 Å². The van der Waals surface area contributed by atoms with Gasteiger partial charge in [-0.2, -0.15) is 4.57 Å². The summed E-state index contributed by atoms with van der Waals surface area (Å²) >= 11 is 0. The molecule has 5 rings (SSSR count). The molecule has 0 N–H and O–H groups in total. The van der Waals surface area contributed by atoms with Crippen LogP contribution in [0, 0.1) is 26.6 Å². The van der Waals surface area contributed by atoms with Crippen LogP contribution < -0.4 is 9.75 Å². The lowest BCUT2D eigenvalue weighted by Crippen LogP contribution is -2.39. The van der Waals surface area contributed by atoms with Crippen molar-refractivity contribution in [3.8, 4) is 11.3 Å². The topological polar surface area (TPSA) is 17.0 Å². The van der Waals surface area contributed by atoms with E-state index in [0.29, 0.717) is 11.1 Å². The highest BCUT2D eigenvalue weighted by atomic mass is 28.3. The van der Waals surface area contributed by atoms with Crippen molar-refractivity contribution in [1.29, 1.82) is 0 Å². The Morgan fingerprint density at radius 2 is 1.53 bits per heavy atom. The van der Waals surface area contributed by atoms with Crippen molar-refractivity contribution in [1.82, 2.24) is 0 Å². The zero-order valence-corrected chi connectivity index (χ0v) is 20.9. The summed E-state index contributed by atoms with van der Waals surface area (Å²) in [4.78, 5) is 0. The molecule has 0 spiro atoms. The van der Waals surface area contributed by atoms with E-state index in [4.69, 9.17) is 4.42 Å². The number of aromatic nitrogens is 1. The first-order valence-electron chi connectivity index (χ1n) is 11.1. The van der Waals surface area contributed by atoms with Crippen molar-refractivity contribution in [2.24, 2.45) is 7.05 Å². The molecule has 0 aliphatic rings. The van der Waals surface area contributed by atoms with Gasteiger partial charge in [-0.05, 0) is 62.2 Å². The van der Waals surface area contributed by atoms with Crippen LogP contribution in [0.5, 0.6) is 0 Å². The second kappa shape index (κ2) is 7.01. The van der Waals surface area contributed by atoms with Crippen molar-refractivity contribution < 1.29 is 13.4 Å². The molecule has 0 aliphatic carbocycles. The standard InChI is InChI=1S/C28H29FNOSi/c1-16-14-22-21-11-12-23(29)18(3)27(21)31-28(22)26(17(16)2)24-13-9-19-8-10-20(32(5,6)7)15-25(19)30(24)4/h8-15H,1-7H3/q+1. The Kier molecular flexibility index (Phi) is 4.58. The number of fused-ring (bicyclic) bond motifs is 4. The Morgan fingerprint density at radius 3 is 2.25 bits per heavy atom. The minimum atomic E-state index is -1.44. The van der Waals surface area contributed by atoms with Crippen LogP contribution in [-0.4, -0.2) is 8.07 Å². The molecule has 0 saturated heterocycles. The first kappa shape index (κ1) is 20.9. The Hall–Kier alpha value is -2.98. The summed E-state index contributed by atoms with van der Waals surface area (Å²) in [6.07, 6.45) is 0. The van der Waals surface area contributed by atoms with E-state index in [1.54, 1.807) is 6.92 Å². The highest BCUT2D eigenvalue weighted by Crippen LogP contribution is 2.40. The summed E-state index contributed by atoms with van der Waals surface area (Å²) in [7, 11) is 0.697. The molecular weight excluding hydrogens is 413 g/mol. The van der Waals surface area contributed by atoms with Gasteiger partial charge in [0.1, 0.15) is 24.0 Å². The second-order valence-corrected chi connectivity index (χ2v) is 15.1. The van der Waals surface area contributed by atoms with Gasteiger partial charge in [-0.3, -0.25) is 0 Å². The van der Waals surface area contributed by atoms with E-state index in [1.807, 2.05) is 6.07 Å². The van der Waals surface area contributed by atoms with Crippen LogP contribution in [0.2, 0.25) is 19.6 Å². The van der Waals surface area contributed by atoms with E-state index in [-0.39, 0.29) is 5.82 Å². The molecular formula is C28H29FNOSi+. The Labute approximate surface area is 189 Å². The van der Waals surface area contributed by atoms with E-state index >= 15 is 0 Å². The molecule has 0 fully saturated rings. The fourth-order valence-electron chi connectivity index (χ4n) is 4.72. The second-order valence-electron chi connectivity index (χ2n) is 10.0. The van der Waals surface area contributed by atoms with Crippen LogP contribution in [0.25, 0.3) is 44.1 Å². The van der Waals surface area contributed by atoms with Gasteiger partial charge in [0.25, 0.3) is 0 Å². The number of hydrogen-bond donors (Lipinski definition) is 0. The lowest BCUT2D eigenvalue weighted by Gasteiger charge is -2.16. The zero-order valence-electron chi connectivity index (χ0n) is 19.9. The third-order valence-corrected chi connectivity index (χ3v) is 8.97. The van der Waals surface area contributed by atoms with Crippen LogP contribution in [0.15, 0.2) is 52.9 Å². The zero-order chi connectivity index (χ0) is 22.9. The maximum atomic E-state index is 14.3. The van der Waals surface area contributed by atoms with Gasteiger partial charge >= 0.3 is 0 Å². The van der Waals surface area contributed by atoms with Crippen LogP contribution in [0.4, 0.5) is 4.39 Å². The maximum absolute atomic E-state index is 14.3. The number of halogens is 1. The molecule has 162 valence electrons. The molecule has 2 aromatic heterocycles. The molecule has 0 atom stereocenters. The highest BCUT2D eigenvalue weighted by Gasteiger charge is 2.25. The number of aryl methyl sites for hydroxylation is 3. The lowest BCUT2D eigenvalue weighted by molar-refractivity contribution is -0.633. The third kappa shape index (κ3) is 3.00. The van der Waals surface area contributed by atoms with E-state index < -0.39 is 8.07 Å². The van der Waals surface area contributed by atoms with Gasteiger partial charge in [-0.25, -0.2) is 4.39 Å². The monoisotopic (exact) mass is 442 g/mol. The normalized spacial score (nSPS) is 12.4. The van der Waals surface area contributed by atoms with Gasteiger partial charge in [-0.15, -0.1) is 0 Å². The minimum Gasteiger partial charge on any atom is -0.455 e. The SMILES string of the molecule is Cc1cc2c(oc3c(C)c(F)ccc32)c(-c2ccc3ccc([Si](C)(C)C)cc3[n+]2C)c1C. The van der Waals surface area contributed by atoms with Crippen molar-refractivity contribution >= 4 is 46.1 Å². The Morgan fingerprint density at radius 1 is 0.812 bits per heavy atom. The minimum absolute atomic E-state index is 0.235. The number of pyridine rings is 1. The van der Waals surface area contributed by atoms with Gasteiger partial charge < -0.3 is 4.42 Å². The number of hydrogen-bond acceptors (Lipinski definition) is 1. The van der Waals surface area contributed by atoms with Crippen LogP contribution in [0.3, 0.4) is 0 Å². The average molecular weight is 443 g/mol. The predicted octanol–water partition coefficient (Wildman–Crippen LogP) is 6.84. The molecule has 3 aromatic carbocycles. The molecule has 0 unspecified atom stereocenters. The average Bonchev–Trinajstić information content (AvgIpc) is 3.10. The molecule has 0 radical (unpaired) electrons. The van der Waals surface area contributed by atoms with Gasteiger partial charge in [0.05, 0.1) is 13.6 Å². The molecule has 4 heteroatoms. The summed E-state index contributed by atoms with van der Waals surface area (Å²) in [6.45, 7) is 13.2. The summed E-state index contributed by atoms with van der Waals surface area (Å²) in [5.74, 6) is -0.235. The summed E-state index contributed by atoms with van der Waals surface area (Å²) < 4.78 is 22.9. The molecule has 0 bridgehead atoms. The van der Waals surface area contributed by atoms with Crippen molar-refractivity contribution in [3.05, 3.63) is 71.0 Å². The van der Waals surface area contributed by atoms with Crippen molar-refractivity contribution in [2.75, 3.05) is 0 Å². The van der Waals surface area contributed by atoms with Crippen molar-refractivity contribution in [3.63, 3.8) is 0 Å². The predicted molar refractivity (Wildman–Crippen MR) is 135 cm³/mol. The first-order chi connectivity index (χ1) is 15.1. The molecule has 0 amide bonds. The molecule has 32 heavy (non-hydrogen) atoms. The van der Waals surface area contributed by atoms with E-state index in [2.05, 4.69) is 81.5 Å². The number of furan rings is 1. The quantitative estimate of drug-likeness (QED) is 0.216. The molecule has 5 aromatic rings. The van der Waals surface area contributed by atoms with E-state index in [1.165, 1.54) is 33.3 Å². The fourth-order valence-corrected chi connectivity index (χ4v) is 5.88. The van der Waals surface area contributed by atoms with Crippen molar-refractivity contribution in [2.45, 2.75) is 40.4 Å². The Bertz CT molecular complexity index is 1560. The van der Waals surface area contributed by atoms with Gasteiger partial charge in [0, 0.05) is 33.9 Å². The summed E-state index contributed by atoms with van der Waals surface area (Å²) in [6, 6.07) is 16.8. The van der Waals surface area contributed by atoms with Gasteiger partial charge in [0.2, 0.25) is 11.2 Å². The molecule has 2 heterocycles. The molecule has 0 saturated carbocycles. The number of benzene rings is 3. The lowest BCUT2D eigenvalue weighted by atomic mass is 9.95. The largest absolute Gasteiger partial charge is 0.455 e. The van der Waals surface area contributed by atoms with Gasteiger partial charge in [-0.1, -0.05) is 30.9 Å². The third-order valence-electron chi connectivity index (χ3n) is 6.93. The molecule has 0 aliphatic heterocycles. The highest BCUT2D eigenvalue weighted by molar-refractivity contribution is 6.88. The first-order valence-corrected chi connectivity index (χ1v) is 14.6.